The van der Waals surface area contributed by atoms with Crippen molar-refractivity contribution in [1.82, 2.24) is 34.5 Å². The fourth-order valence-corrected chi connectivity index (χ4v) is 8.06. The van der Waals surface area contributed by atoms with Gasteiger partial charge in [0.1, 0.15) is 0 Å². The average Bonchev–Trinajstić information content (AvgIpc) is 3.70. The van der Waals surface area contributed by atoms with Gasteiger partial charge in [-0.05, 0) is 29.8 Å². The predicted molar refractivity (Wildman–Crippen MR) is 246 cm³/mol. The highest BCUT2D eigenvalue weighted by Gasteiger charge is 2.22. The molecule has 0 amide bonds. The van der Waals surface area contributed by atoms with Crippen LogP contribution in [0.3, 0.4) is 0 Å². The third-order valence-electron chi connectivity index (χ3n) is 10.9. The van der Waals surface area contributed by atoms with Gasteiger partial charge in [0.05, 0.1) is 11.0 Å². The van der Waals surface area contributed by atoms with Crippen molar-refractivity contribution in [2.75, 3.05) is 0 Å². The summed E-state index contributed by atoms with van der Waals surface area (Å²) in [5.41, 5.74) is 10.7. The van der Waals surface area contributed by atoms with Gasteiger partial charge in [-0.15, -0.1) is 0 Å². The number of rotatable bonds is 8. The molecular weight excluding hydrogens is 747 g/mol. The van der Waals surface area contributed by atoms with Gasteiger partial charge in [0.25, 0.3) is 0 Å². The van der Waals surface area contributed by atoms with Crippen LogP contribution in [-0.2, 0) is 0 Å². The molecule has 61 heavy (non-hydrogen) atoms. The third kappa shape index (κ3) is 6.70. The van der Waals surface area contributed by atoms with E-state index in [1.165, 1.54) is 0 Å². The van der Waals surface area contributed by atoms with Gasteiger partial charge in [-0.2, -0.15) is 0 Å². The lowest BCUT2D eigenvalue weighted by Crippen LogP contribution is -2.02. The van der Waals surface area contributed by atoms with Gasteiger partial charge in [-0.25, -0.2) is 29.9 Å². The van der Waals surface area contributed by atoms with E-state index in [9.17, 15) is 0 Å². The molecule has 3 heterocycles. The van der Waals surface area contributed by atoms with Gasteiger partial charge in [0.15, 0.2) is 34.9 Å². The first-order valence-corrected chi connectivity index (χ1v) is 20.2. The number of hydrogen-bond donors (Lipinski definition) is 0. The summed E-state index contributed by atoms with van der Waals surface area (Å²) in [6, 6.07) is 72.3. The van der Waals surface area contributed by atoms with Crippen LogP contribution in [-0.4, -0.2) is 34.5 Å². The first-order valence-electron chi connectivity index (χ1n) is 20.2. The normalized spacial score (nSPS) is 11.3. The summed E-state index contributed by atoms with van der Waals surface area (Å²) in [5.74, 6) is 3.68. The molecule has 11 aromatic rings. The van der Waals surface area contributed by atoms with Crippen molar-refractivity contribution in [2.24, 2.45) is 0 Å². The molecule has 286 valence electrons. The zero-order valence-corrected chi connectivity index (χ0v) is 32.8. The van der Waals surface area contributed by atoms with Crippen molar-refractivity contribution in [3.63, 3.8) is 0 Å². The van der Waals surface area contributed by atoms with E-state index in [-0.39, 0.29) is 0 Å². The van der Waals surface area contributed by atoms with Crippen LogP contribution >= 0.6 is 0 Å². The van der Waals surface area contributed by atoms with Crippen LogP contribution < -0.4 is 0 Å². The second kappa shape index (κ2) is 15.4. The molecule has 0 fully saturated rings. The molecule has 11 rings (SSSR count). The van der Waals surface area contributed by atoms with Crippen molar-refractivity contribution < 1.29 is 0 Å². The van der Waals surface area contributed by atoms with Crippen LogP contribution in [0.1, 0.15) is 0 Å². The maximum atomic E-state index is 5.18. The number of benzene rings is 8. The van der Waals surface area contributed by atoms with E-state index in [0.29, 0.717) is 34.9 Å². The van der Waals surface area contributed by atoms with E-state index in [2.05, 4.69) is 95.6 Å². The van der Waals surface area contributed by atoms with Gasteiger partial charge in [0, 0.05) is 55.4 Å². The lowest BCUT2D eigenvalue weighted by atomic mass is 9.99. The van der Waals surface area contributed by atoms with Crippen LogP contribution in [0, 0.1) is 0 Å². The number of para-hydroxylation sites is 3. The molecule has 0 spiro atoms. The van der Waals surface area contributed by atoms with Crippen LogP contribution in [0.4, 0.5) is 0 Å². The van der Waals surface area contributed by atoms with E-state index in [1.54, 1.807) is 0 Å². The highest BCUT2D eigenvalue weighted by Crippen LogP contribution is 2.42. The fraction of sp³-hybridized carbons (Fsp3) is 0. The molecule has 0 unspecified atom stereocenters. The topological polar surface area (TPSA) is 82.3 Å². The first kappa shape index (κ1) is 35.7. The Hall–Kier alpha value is -8.42. The Labute approximate surface area is 352 Å². The molecular formula is C54H35N7. The molecule has 0 aliphatic carbocycles. The highest BCUT2D eigenvalue weighted by molar-refractivity contribution is 6.17. The Bertz CT molecular complexity index is 3220. The largest absolute Gasteiger partial charge is 0.308 e. The van der Waals surface area contributed by atoms with Gasteiger partial charge >= 0.3 is 0 Å². The molecule has 0 atom stereocenters. The molecule has 0 saturated carbocycles. The first-order chi connectivity index (χ1) is 30.2. The van der Waals surface area contributed by atoms with E-state index < -0.39 is 0 Å². The van der Waals surface area contributed by atoms with Crippen molar-refractivity contribution in [3.8, 4) is 85.1 Å². The van der Waals surface area contributed by atoms with Gasteiger partial charge in [-0.1, -0.05) is 188 Å². The molecule has 0 saturated heterocycles. The Balaban J connectivity index is 1.14. The van der Waals surface area contributed by atoms with Crippen LogP contribution in [0.15, 0.2) is 212 Å². The SMILES string of the molecule is c1ccc(-c2nc(-c3ccccc3)nc(-c3cccc(-c4cccc5c6cccc(-c7nc(-c8ccccc8)nc(-c8ccccc8)n7)c6n(-c6ccccc6)c45)c3)n2)cc1. The van der Waals surface area contributed by atoms with E-state index in [0.717, 1.165) is 72.0 Å². The van der Waals surface area contributed by atoms with Gasteiger partial charge in [-0.3, -0.25) is 0 Å². The summed E-state index contributed by atoms with van der Waals surface area (Å²) in [5, 5.41) is 2.21. The second-order valence-corrected chi connectivity index (χ2v) is 14.7. The minimum atomic E-state index is 0.597. The summed E-state index contributed by atoms with van der Waals surface area (Å²) in [7, 11) is 0. The molecule has 0 aliphatic heterocycles. The molecule has 0 N–H and O–H groups in total. The van der Waals surface area contributed by atoms with E-state index in [4.69, 9.17) is 29.9 Å². The lowest BCUT2D eigenvalue weighted by molar-refractivity contribution is 1.07. The maximum Gasteiger partial charge on any atom is 0.166 e. The van der Waals surface area contributed by atoms with Gasteiger partial charge < -0.3 is 4.57 Å². The predicted octanol–water partition coefficient (Wildman–Crippen LogP) is 12.8. The Kier molecular flexibility index (Phi) is 9.02. The molecule has 7 heteroatoms. The number of nitrogens with zero attached hydrogens (tertiary/aromatic N) is 7. The lowest BCUT2D eigenvalue weighted by Gasteiger charge is -2.14. The standard InChI is InChI=1S/C54H35N7/c1-6-19-36(20-7-1)49-55-50(37-21-8-2-9-22-37)58-53(57-49)41-28-16-27-40(35-41)43-31-17-32-44-45-33-18-34-46(48(45)61(47(43)44)42-29-14-5-15-30-42)54-59-51(38-23-10-3-11-24-38)56-52(60-54)39-25-12-4-13-26-39/h1-35H. The second-order valence-electron chi connectivity index (χ2n) is 14.7. The number of hydrogen-bond acceptors (Lipinski definition) is 6. The van der Waals surface area contributed by atoms with E-state index >= 15 is 0 Å². The van der Waals surface area contributed by atoms with Crippen molar-refractivity contribution in [1.29, 1.82) is 0 Å². The Morgan fingerprint density at radius 2 is 0.574 bits per heavy atom. The zero-order chi connectivity index (χ0) is 40.5. The van der Waals surface area contributed by atoms with Crippen molar-refractivity contribution >= 4 is 21.8 Å². The van der Waals surface area contributed by atoms with Crippen molar-refractivity contribution in [2.45, 2.75) is 0 Å². The summed E-state index contributed by atoms with van der Waals surface area (Å²) in [6.45, 7) is 0. The number of aromatic nitrogens is 7. The number of fused-ring (bicyclic) bond motifs is 3. The monoisotopic (exact) mass is 781 g/mol. The molecule has 3 aromatic heterocycles. The summed E-state index contributed by atoms with van der Waals surface area (Å²) in [6.07, 6.45) is 0. The summed E-state index contributed by atoms with van der Waals surface area (Å²) >= 11 is 0. The molecule has 0 aliphatic rings. The van der Waals surface area contributed by atoms with Gasteiger partial charge in [0.2, 0.25) is 0 Å². The molecule has 0 bridgehead atoms. The van der Waals surface area contributed by atoms with Crippen LogP contribution in [0.25, 0.3) is 107 Å². The molecule has 7 nitrogen and oxygen atoms in total. The average molecular weight is 782 g/mol. The maximum absolute atomic E-state index is 5.18. The quantitative estimate of drug-likeness (QED) is 0.153. The Morgan fingerprint density at radius 1 is 0.246 bits per heavy atom. The molecule has 8 aromatic carbocycles. The highest BCUT2D eigenvalue weighted by atomic mass is 15.1. The van der Waals surface area contributed by atoms with E-state index in [1.807, 2.05) is 121 Å². The zero-order valence-electron chi connectivity index (χ0n) is 32.8. The van der Waals surface area contributed by atoms with Crippen LogP contribution in [0.2, 0.25) is 0 Å². The minimum absolute atomic E-state index is 0.597. The fourth-order valence-electron chi connectivity index (χ4n) is 8.06. The van der Waals surface area contributed by atoms with Crippen LogP contribution in [0.5, 0.6) is 0 Å². The minimum Gasteiger partial charge on any atom is -0.308 e. The smallest absolute Gasteiger partial charge is 0.166 e. The summed E-state index contributed by atoms with van der Waals surface area (Å²) in [4.78, 5) is 30.4. The van der Waals surface area contributed by atoms with Crippen molar-refractivity contribution in [3.05, 3.63) is 212 Å². The Morgan fingerprint density at radius 3 is 1.03 bits per heavy atom. The summed E-state index contributed by atoms with van der Waals surface area (Å²) < 4.78 is 2.36. The third-order valence-corrected chi connectivity index (χ3v) is 10.9. The molecule has 0 radical (unpaired) electrons.